The number of amides is 1. The van der Waals surface area contributed by atoms with E-state index in [4.69, 9.17) is 4.74 Å². The van der Waals surface area contributed by atoms with Gasteiger partial charge in [-0.3, -0.25) is 4.79 Å². The van der Waals surface area contributed by atoms with E-state index < -0.39 is 15.8 Å². The van der Waals surface area contributed by atoms with Crippen LogP contribution >= 0.6 is 0 Å². The highest BCUT2D eigenvalue weighted by atomic mass is 32.2. The minimum Gasteiger partial charge on any atom is -0.423 e. The summed E-state index contributed by atoms with van der Waals surface area (Å²) in [7, 11) is -3.43. The number of esters is 1. The summed E-state index contributed by atoms with van der Waals surface area (Å²) in [6, 6.07) is 7.86. The average Bonchev–Trinajstić information content (AvgIpc) is 2.61. The van der Waals surface area contributed by atoms with Crippen molar-refractivity contribution in [1.29, 1.82) is 0 Å². The van der Waals surface area contributed by atoms with Crippen LogP contribution in [-0.2, 0) is 19.4 Å². The van der Waals surface area contributed by atoms with E-state index in [1.54, 1.807) is 18.3 Å². The van der Waals surface area contributed by atoms with E-state index >= 15 is 0 Å². The predicted octanol–water partition coefficient (Wildman–Crippen LogP) is 1.55. The molecule has 1 aromatic heterocycles. The van der Waals surface area contributed by atoms with Gasteiger partial charge in [0.2, 0.25) is 5.91 Å². The molecule has 1 aliphatic rings. The first-order chi connectivity index (χ1) is 12.8. The quantitative estimate of drug-likeness (QED) is 0.611. The first-order valence-corrected chi connectivity index (χ1v) is 9.98. The van der Waals surface area contributed by atoms with E-state index in [0.717, 1.165) is 5.56 Å². The molecular weight excluding hydrogens is 370 g/mol. The van der Waals surface area contributed by atoms with Crippen LogP contribution in [0.15, 0.2) is 41.4 Å². The highest BCUT2D eigenvalue weighted by Gasteiger charge is 2.27. The summed E-state index contributed by atoms with van der Waals surface area (Å²) in [5, 5.41) is 2.68. The van der Waals surface area contributed by atoms with Gasteiger partial charge in [0, 0.05) is 12.3 Å². The predicted molar refractivity (Wildman–Crippen MR) is 99.6 cm³/mol. The maximum Gasteiger partial charge on any atom is 0.331 e. The van der Waals surface area contributed by atoms with Crippen LogP contribution in [0, 0.1) is 6.92 Å². The molecule has 2 heterocycles. The fraction of sp³-hybridized carbons (Fsp3) is 0.278. The Morgan fingerprint density at radius 2 is 2.07 bits per heavy atom. The first-order valence-electron chi connectivity index (χ1n) is 8.33. The Kier molecular flexibility index (Phi) is 5.13. The molecule has 9 heteroatoms. The Morgan fingerprint density at radius 1 is 1.30 bits per heavy atom. The van der Waals surface area contributed by atoms with E-state index in [9.17, 15) is 18.0 Å². The number of fused-ring (bicyclic) bond motifs is 1. The normalized spacial score (nSPS) is 13.7. The molecule has 27 heavy (non-hydrogen) atoms. The van der Waals surface area contributed by atoms with Gasteiger partial charge < -0.3 is 15.0 Å². The van der Waals surface area contributed by atoms with E-state index in [1.165, 1.54) is 24.0 Å². The van der Waals surface area contributed by atoms with Gasteiger partial charge in [-0.05, 0) is 36.8 Å². The molecule has 3 rings (SSSR count). The molecule has 8 nitrogen and oxygen atoms in total. The van der Waals surface area contributed by atoms with Crippen molar-refractivity contribution in [3.8, 4) is 5.75 Å². The molecule has 0 radical (unpaired) electrons. The van der Waals surface area contributed by atoms with Gasteiger partial charge >= 0.3 is 5.97 Å². The maximum absolute atomic E-state index is 12.3. The smallest absolute Gasteiger partial charge is 0.331 e. The van der Waals surface area contributed by atoms with Gasteiger partial charge in [-0.25, -0.2) is 18.2 Å². The third kappa shape index (κ3) is 4.25. The van der Waals surface area contributed by atoms with Crippen LogP contribution in [0.25, 0.3) is 0 Å². The molecule has 1 amide bonds. The molecular formula is C18H19N3O5S. The number of benzene rings is 1. The van der Waals surface area contributed by atoms with Gasteiger partial charge in [-0.15, -0.1) is 0 Å². The van der Waals surface area contributed by atoms with Crippen molar-refractivity contribution in [2.45, 2.75) is 18.7 Å². The van der Waals surface area contributed by atoms with Gasteiger partial charge in [0.1, 0.15) is 12.4 Å². The molecule has 0 bridgehead atoms. The Balaban J connectivity index is 1.81. The van der Waals surface area contributed by atoms with Crippen LogP contribution in [0.4, 0.5) is 11.5 Å². The number of nitrogens with zero attached hydrogens (tertiary/aromatic N) is 2. The van der Waals surface area contributed by atoms with Crippen LogP contribution in [0.3, 0.4) is 0 Å². The third-order valence-electron chi connectivity index (χ3n) is 4.07. The second-order valence-electron chi connectivity index (χ2n) is 6.13. The zero-order valence-electron chi connectivity index (χ0n) is 14.9. The maximum atomic E-state index is 12.3. The van der Waals surface area contributed by atoms with Crippen molar-refractivity contribution in [3.63, 3.8) is 0 Å². The number of anilines is 2. The zero-order valence-corrected chi connectivity index (χ0v) is 15.7. The van der Waals surface area contributed by atoms with Gasteiger partial charge in [0.25, 0.3) is 0 Å². The second-order valence-corrected chi connectivity index (χ2v) is 8.41. The van der Waals surface area contributed by atoms with E-state index in [0.29, 0.717) is 11.5 Å². The average molecular weight is 389 g/mol. The van der Waals surface area contributed by atoms with Crippen LogP contribution in [0.5, 0.6) is 5.75 Å². The Bertz CT molecular complexity index is 1000. The highest BCUT2D eigenvalue weighted by molar-refractivity contribution is 7.91. The number of rotatable bonds is 5. The number of hydrogen-bond acceptors (Lipinski definition) is 7. The molecule has 0 spiro atoms. The Hall–Kier alpha value is -2.94. The number of carbonyl (C=O) groups excluding carboxylic acids is 2. The molecule has 0 atom stereocenters. The lowest BCUT2D eigenvalue weighted by Gasteiger charge is -2.29. The molecule has 0 saturated carbocycles. The van der Waals surface area contributed by atoms with Crippen LogP contribution < -0.4 is 15.0 Å². The number of nitrogens with one attached hydrogen (secondary N) is 1. The van der Waals surface area contributed by atoms with E-state index in [-0.39, 0.29) is 35.4 Å². The highest BCUT2D eigenvalue weighted by Crippen LogP contribution is 2.34. The van der Waals surface area contributed by atoms with Gasteiger partial charge in [0.05, 0.1) is 22.9 Å². The fourth-order valence-corrected chi connectivity index (χ4v) is 3.59. The lowest BCUT2D eigenvalue weighted by atomic mass is 10.2. The van der Waals surface area contributed by atoms with Crippen LogP contribution in [0.2, 0.25) is 0 Å². The standard InChI is InChI=1S/C18H19N3O5S/c1-3-27(24,25)13-4-5-14-15(9-13)26-18(23)11-21(14)10-17(22)20-16-8-12(2)6-7-19-16/h4-9H,3,10-11H2,1-2H3,(H,19,20,22). The van der Waals surface area contributed by atoms with Crippen molar-refractivity contribution in [2.75, 3.05) is 29.1 Å². The number of ether oxygens (including phenoxy) is 1. The number of aromatic nitrogens is 1. The largest absolute Gasteiger partial charge is 0.423 e. The number of pyridine rings is 1. The molecule has 0 unspecified atom stereocenters. The first kappa shape index (κ1) is 18.8. The Labute approximate surface area is 157 Å². The summed E-state index contributed by atoms with van der Waals surface area (Å²) in [4.78, 5) is 29.9. The zero-order chi connectivity index (χ0) is 19.6. The fourth-order valence-electron chi connectivity index (χ4n) is 2.69. The molecule has 0 fully saturated rings. The topological polar surface area (TPSA) is 106 Å². The molecule has 0 aliphatic carbocycles. The van der Waals surface area contributed by atoms with Crippen LogP contribution in [0.1, 0.15) is 12.5 Å². The van der Waals surface area contributed by atoms with Gasteiger partial charge in [-0.2, -0.15) is 0 Å². The lowest BCUT2D eigenvalue weighted by molar-refractivity contribution is -0.133. The van der Waals surface area contributed by atoms with Gasteiger partial charge in [0.15, 0.2) is 15.6 Å². The van der Waals surface area contributed by atoms with Crippen molar-refractivity contribution in [1.82, 2.24) is 4.98 Å². The summed E-state index contributed by atoms with van der Waals surface area (Å²) >= 11 is 0. The molecule has 1 aromatic carbocycles. The van der Waals surface area contributed by atoms with Crippen molar-refractivity contribution in [3.05, 3.63) is 42.1 Å². The summed E-state index contributed by atoms with van der Waals surface area (Å²) in [6.45, 7) is 3.21. The number of hydrogen-bond donors (Lipinski definition) is 1. The third-order valence-corrected chi connectivity index (χ3v) is 5.80. The number of sulfone groups is 1. The summed E-state index contributed by atoms with van der Waals surface area (Å²) in [5.74, 6) is -0.421. The molecule has 142 valence electrons. The Morgan fingerprint density at radius 3 is 2.78 bits per heavy atom. The second kappa shape index (κ2) is 7.36. The monoisotopic (exact) mass is 389 g/mol. The summed E-state index contributed by atoms with van der Waals surface area (Å²) in [5.41, 5.74) is 1.44. The number of carbonyl (C=O) groups is 2. The number of aryl methyl sites for hydroxylation is 1. The minimum atomic E-state index is -3.43. The molecule has 1 N–H and O–H groups in total. The molecule has 2 aromatic rings. The summed E-state index contributed by atoms with van der Waals surface area (Å²) < 4.78 is 29.2. The summed E-state index contributed by atoms with van der Waals surface area (Å²) in [6.07, 6.45) is 1.59. The van der Waals surface area contributed by atoms with Gasteiger partial charge in [-0.1, -0.05) is 6.92 Å². The molecule has 0 saturated heterocycles. The van der Waals surface area contributed by atoms with Crippen molar-refractivity contribution < 1.29 is 22.7 Å². The molecule has 1 aliphatic heterocycles. The SMILES string of the molecule is CCS(=O)(=O)c1ccc2c(c1)OC(=O)CN2CC(=O)Nc1cc(C)ccn1. The van der Waals surface area contributed by atoms with Crippen LogP contribution in [-0.4, -0.2) is 44.1 Å². The van der Waals surface area contributed by atoms with Crippen molar-refractivity contribution >= 4 is 33.2 Å². The van der Waals surface area contributed by atoms with E-state index in [2.05, 4.69) is 10.3 Å². The lowest BCUT2D eigenvalue weighted by Crippen LogP contribution is -2.41. The van der Waals surface area contributed by atoms with E-state index in [1.807, 2.05) is 13.0 Å². The van der Waals surface area contributed by atoms with Crippen molar-refractivity contribution in [2.24, 2.45) is 0 Å². The minimum absolute atomic E-state index is 0.0602.